The fourth-order valence-electron chi connectivity index (χ4n) is 3.50. The fraction of sp³-hybridized carbons (Fsp3) is 0.409. The number of carbonyl (C=O) groups is 1. The number of aryl methyl sites for hydroxylation is 1. The first-order valence-electron chi connectivity index (χ1n) is 9.62. The second-order valence-corrected chi connectivity index (χ2v) is 7.12. The van der Waals surface area contributed by atoms with E-state index in [2.05, 4.69) is 34.2 Å². The van der Waals surface area contributed by atoms with Gasteiger partial charge < -0.3 is 10.2 Å². The second-order valence-electron chi connectivity index (χ2n) is 7.12. The second kappa shape index (κ2) is 9.11. The fourth-order valence-corrected chi connectivity index (χ4v) is 3.50. The van der Waals surface area contributed by atoms with Crippen molar-refractivity contribution in [2.75, 3.05) is 32.7 Å². The molecule has 0 bridgehead atoms. The van der Waals surface area contributed by atoms with E-state index in [1.165, 1.54) is 17.7 Å². The maximum absolute atomic E-state index is 13.5. The molecule has 1 saturated heterocycles. The summed E-state index contributed by atoms with van der Waals surface area (Å²) in [6.07, 6.45) is 0. The molecular formula is C22H28FN3O. The van der Waals surface area contributed by atoms with Crippen LogP contribution in [0, 0.1) is 12.7 Å². The molecule has 0 atom stereocenters. The van der Waals surface area contributed by atoms with Crippen LogP contribution in [-0.4, -0.2) is 48.4 Å². The van der Waals surface area contributed by atoms with Crippen LogP contribution in [0.1, 0.15) is 34.0 Å². The van der Waals surface area contributed by atoms with Gasteiger partial charge in [-0.1, -0.05) is 37.3 Å². The molecule has 3 rings (SSSR count). The number of hydrogen-bond donors (Lipinski definition) is 1. The van der Waals surface area contributed by atoms with Gasteiger partial charge in [-0.25, -0.2) is 4.39 Å². The minimum atomic E-state index is -0.391. The van der Waals surface area contributed by atoms with Crippen molar-refractivity contribution in [3.63, 3.8) is 0 Å². The monoisotopic (exact) mass is 369 g/mol. The molecule has 0 unspecified atom stereocenters. The van der Waals surface area contributed by atoms with Gasteiger partial charge in [-0.2, -0.15) is 0 Å². The van der Waals surface area contributed by atoms with Crippen LogP contribution in [0.2, 0.25) is 0 Å². The Morgan fingerprint density at radius 3 is 2.41 bits per heavy atom. The summed E-state index contributed by atoms with van der Waals surface area (Å²) in [6.45, 7) is 10.8. The predicted octanol–water partition coefficient (Wildman–Crippen LogP) is 3.20. The van der Waals surface area contributed by atoms with Crippen molar-refractivity contribution in [3.05, 3.63) is 70.5 Å². The Bertz CT molecular complexity index is 785. The number of nitrogens with one attached hydrogen (secondary N) is 1. The van der Waals surface area contributed by atoms with E-state index in [-0.39, 0.29) is 5.91 Å². The molecular weight excluding hydrogens is 341 g/mol. The molecule has 2 aromatic carbocycles. The first kappa shape index (κ1) is 19.5. The Kier molecular flexibility index (Phi) is 6.58. The average molecular weight is 369 g/mol. The molecule has 0 aliphatic carbocycles. The van der Waals surface area contributed by atoms with Gasteiger partial charge in [0.25, 0.3) is 5.91 Å². The first-order valence-corrected chi connectivity index (χ1v) is 9.62. The first-order chi connectivity index (χ1) is 13.1. The van der Waals surface area contributed by atoms with E-state index in [9.17, 15) is 9.18 Å². The van der Waals surface area contributed by atoms with Gasteiger partial charge >= 0.3 is 0 Å². The Morgan fingerprint density at radius 1 is 1.04 bits per heavy atom. The van der Waals surface area contributed by atoms with Crippen LogP contribution in [0.25, 0.3) is 0 Å². The largest absolute Gasteiger partial charge is 0.348 e. The molecule has 5 heteroatoms. The summed E-state index contributed by atoms with van der Waals surface area (Å²) < 4.78 is 13.5. The average Bonchev–Trinajstić information content (AvgIpc) is 2.69. The molecule has 144 valence electrons. The molecule has 0 aromatic heterocycles. The number of carbonyl (C=O) groups excluding carboxylic acids is 1. The third kappa shape index (κ3) is 5.15. The molecule has 0 spiro atoms. The lowest BCUT2D eigenvalue weighted by molar-refractivity contribution is 0.0949. The topological polar surface area (TPSA) is 35.6 Å². The summed E-state index contributed by atoms with van der Waals surface area (Å²) in [4.78, 5) is 17.4. The van der Waals surface area contributed by atoms with E-state index in [0.29, 0.717) is 12.1 Å². The number of likely N-dealkylation sites (N-methyl/N-ethyl adjacent to an activating group) is 1. The summed E-state index contributed by atoms with van der Waals surface area (Å²) in [5, 5.41) is 2.94. The van der Waals surface area contributed by atoms with Gasteiger partial charge in [-0.3, -0.25) is 9.69 Å². The van der Waals surface area contributed by atoms with E-state index >= 15 is 0 Å². The lowest BCUT2D eigenvalue weighted by Gasteiger charge is -2.34. The third-order valence-electron chi connectivity index (χ3n) is 5.31. The molecule has 1 aliphatic heterocycles. The van der Waals surface area contributed by atoms with Gasteiger partial charge in [-0.05, 0) is 42.3 Å². The zero-order valence-electron chi connectivity index (χ0n) is 16.2. The number of nitrogens with zero attached hydrogens (tertiary/aromatic N) is 2. The van der Waals surface area contributed by atoms with Crippen molar-refractivity contribution >= 4 is 5.91 Å². The van der Waals surface area contributed by atoms with E-state index in [0.717, 1.165) is 50.4 Å². The van der Waals surface area contributed by atoms with Crippen LogP contribution in [0.15, 0.2) is 42.5 Å². The lowest BCUT2D eigenvalue weighted by Crippen LogP contribution is -2.45. The standard InChI is InChI=1S/C22H28FN3O/c1-3-25-10-12-26(13-11-25)16-19-7-5-4-6-18(19)15-24-22(27)21-14-20(23)9-8-17(21)2/h4-9,14H,3,10-13,15-16H2,1-2H3,(H,24,27). The highest BCUT2D eigenvalue weighted by Gasteiger charge is 2.17. The van der Waals surface area contributed by atoms with Gasteiger partial charge in [-0.15, -0.1) is 0 Å². The SMILES string of the molecule is CCN1CCN(Cc2ccccc2CNC(=O)c2cc(F)ccc2C)CC1. The summed E-state index contributed by atoms with van der Waals surface area (Å²) >= 11 is 0. The highest BCUT2D eigenvalue weighted by atomic mass is 19.1. The van der Waals surface area contributed by atoms with Gasteiger partial charge in [0.05, 0.1) is 0 Å². The lowest BCUT2D eigenvalue weighted by atomic mass is 10.1. The molecule has 27 heavy (non-hydrogen) atoms. The van der Waals surface area contributed by atoms with Crippen molar-refractivity contribution in [3.8, 4) is 0 Å². The summed E-state index contributed by atoms with van der Waals surface area (Å²) in [7, 11) is 0. The van der Waals surface area contributed by atoms with Crippen molar-refractivity contribution < 1.29 is 9.18 Å². The Hall–Kier alpha value is -2.24. The molecule has 0 saturated carbocycles. The zero-order valence-corrected chi connectivity index (χ0v) is 16.2. The van der Waals surface area contributed by atoms with Crippen molar-refractivity contribution in [2.24, 2.45) is 0 Å². The van der Waals surface area contributed by atoms with Crippen LogP contribution in [-0.2, 0) is 13.1 Å². The molecule has 4 nitrogen and oxygen atoms in total. The van der Waals surface area contributed by atoms with Crippen LogP contribution >= 0.6 is 0 Å². The van der Waals surface area contributed by atoms with E-state index in [1.807, 2.05) is 19.1 Å². The van der Waals surface area contributed by atoms with Gasteiger partial charge in [0.2, 0.25) is 0 Å². The molecule has 1 heterocycles. The van der Waals surface area contributed by atoms with Crippen LogP contribution in [0.5, 0.6) is 0 Å². The molecule has 0 radical (unpaired) electrons. The summed E-state index contributed by atoms with van der Waals surface area (Å²) in [6, 6.07) is 12.5. The Labute approximate surface area is 161 Å². The number of hydrogen-bond acceptors (Lipinski definition) is 3. The Balaban J connectivity index is 1.62. The molecule has 1 amide bonds. The van der Waals surface area contributed by atoms with Crippen molar-refractivity contribution in [2.45, 2.75) is 26.9 Å². The van der Waals surface area contributed by atoms with Crippen molar-refractivity contribution in [1.82, 2.24) is 15.1 Å². The molecule has 1 aliphatic rings. The summed E-state index contributed by atoms with van der Waals surface area (Å²) in [5.41, 5.74) is 3.51. The maximum atomic E-state index is 13.5. The van der Waals surface area contributed by atoms with Crippen molar-refractivity contribution in [1.29, 1.82) is 0 Å². The predicted molar refractivity (Wildman–Crippen MR) is 106 cm³/mol. The zero-order chi connectivity index (χ0) is 19.2. The van der Waals surface area contributed by atoms with Gasteiger partial charge in [0.1, 0.15) is 5.82 Å². The number of benzene rings is 2. The maximum Gasteiger partial charge on any atom is 0.251 e. The van der Waals surface area contributed by atoms with Gasteiger partial charge in [0.15, 0.2) is 0 Å². The number of halogens is 1. The normalized spacial score (nSPS) is 15.7. The van der Waals surface area contributed by atoms with Crippen LogP contribution < -0.4 is 5.32 Å². The molecule has 2 aromatic rings. The number of rotatable bonds is 6. The van der Waals surface area contributed by atoms with E-state index in [4.69, 9.17) is 0 Å². The van der Waals surface area contributed by atoms with E-state index in [1.54, 1.807) is 6.07 Å². The smallest absolute Gasteiger partial charge is 0.251 e. The highest BCUT2D eigenvalue weighted by Crippen LogP contribution is 2.15. The highest BCUT2D eigenvalue weighted by molar-refractivity contribution is 5.95. The molecule has 1 N–H and O–H groups in total. The molecule has 1 fully saturated rings. The number of piperazine rings is 1. The Morgan fingerprint density at radius 2 is 1.70 bits per heavy atom. The van der Waals surface area contributed by atoms with Crippen LogP contribution in [0.3, 0.4) is 0 Å². The number of amides is 1. The summed E-state index contributed by atoms with van der Waals surface area (Å²) in [5.74, 6) is -0.629. The minimum Gasteiger partial charge on any atom is -0.348 e. The minimum absolute atomic E-state index is 0.238. The van der Waals surface area contributed by atoms with Crippen LogP contribution in [0.4, 0.5) is 4.39 Å². The van der Waals surface area contributed by atoms with Gasteiger partial charge in [0, 0.05) is 44.8 Å². The quantitative estimate of drug-likeness (QED) is 0.849. The third-order valence-corrected chi connectivity index (χ3v) is 5.31. The van der Waals surface area contributed by atoms with E-state index < -0.39 is 5.82 Å².